The molecule has 0 amide bonds. The van der Waals surface area contributed by atoms with E-state index in [1.54, 1.807) is 0 Å². The van der Waals surface area contributed by atoms with E-state index in [2.05, 4.69) is 268 Å². The first-order valence-electron chi connectivity index (χ1n) is 25.8. The number of nitrogens with zero attached hydrogens (tertiary/aromatic N) is 7. The molecule has 3 heterocycles. The lowest BCUT2D eigenvalue weighted by atomic mass is 9.97. The Bertz CT molecular complexity index is 3970. The zero-order valence-corrected chi connectivity index (χ0v) is 41.9. The van der Waals surface area contributed by atoms with Gasteiger partial charge in [0.1, 0.15) is 5.69 Å². The molecular formula is C69H50N8. The van der Waals surface area contributed by atoms with Gasteiger partial charge in [0.15, 0.2) is 23.3 Å². The van der Waals surface area contributed by atoms with E-state index >= 15 is 0 Å². The summed E-state index contributed by atoms with van der Waals surface area (Å²) in [6, 6.07) is 99.6. The molecule has 0 saturated carbocycles. The van der Waals surface area contributed by atoms with E-state index in [4.69, 9.17) is 15.0 Å². The predicted octanol–water partition coefficient (Wildman–Crippen LogP) is 18.6. The van der Waals surface area contributed by atoms with Gasteiger partial charge in [0.2, 0.25) is 0 Å². The lowest BCUT2D eigenvalue weighted by Crippen LogP contribution is -2.38. The fourth-order valence-electron chi connectivity index (χ4n) is 10.5. The third-order valence-corrected chi connectivity index (χ3v) is 13.9. The predicted molar refractivity (Wildman–Crippen MR) is 320 cm³/mol. The van der Waals surface area contributed by atoms with E-state index < -0.39 is 0 Å². The van der Waals surface area contributed by atoms with Gasteiger partial charge < -0.3 is 10.2 Å². The van der Waals surface area contributed by atoms with Crippen LogP contribution in [0.2, 0.25) is 0 Å². The highest BCUT2D eigenvalue weighted by Crippen LogP contribution is 2.57. The average molecular weight is 991 g/mol. The first-order valence-corrected chi connectivity index (χ1v) is 25.8. The lowest BCUT2D eigenvalue weighted by Gasteiger charge is -2.40. The highest BCUT2D eigenvalue weighted by molar-refractivity contribution is 6.13. The number of pyridine rings is 3. The van der Waals surface area contributed by atoms with Crippen LogP contribution in [-0.2, 0) is 0 Å². The maximum Gasteiger partial charge on any atom is 0.179 e. The Morgan fingerprint density at radius 3 is 1.26 bits per heavy atom. The van der Waals surface area contributed by atoms with E-state index in [0.717, 1.165) is 88.9 Å². The molecule has 0 bridgehead atoms. The van der Waals surface area contributed by atoms with Crippen LogP contribution < -0.4 is 25.1 Å². The minimum absolute atomic E-state index is 0.575. The van der Waals surface area contributed by atoms with Crippen LogP contribution in [0, 0.1) is 0 Å². The van der Waals surface area contributed by atoms with E-state index in [1.165, 1.54) is 0 Å². The van der Waals surface area contributed by atoms with Crippen LogP contribution in [0.4, 0.5) is 68.8 Å². The Balaban J connectivity index is 1.29. The molecule has 1 N–H and O–H groups in total. The van der Waals surface area contributed by atoms with E-state index in [-0.39, 0.29) is 0 Å². The number of hydrazine groups is 1. The van der Waals surface area contributed by atoms with Crippen LogP contribution in [0.5, 0.6) is 0 Å². The largest absolute Gasteiger partial charge is 0.351 e. The first kappa shape index (κ1) is 46.2. The fourth-order valence-corrected chi connectivity index (χ4v) is 10.5. The summed E-state index contributed by atoms with van der Waals surface area (Å²) in [5.74, 6) is 2.50. The summed E-state index contributed by atoms with van der Waals surface area (Å²) in [6.45, 7) is 0. The van der Waals surface area contributed by atoms with Crippen molar-refractivity contribution in [1.82, 2.24) is 15.0 Å². The lowest BCUT2D eigenvalue weighted by molar-refractivity contribution is 0.915. The minimum atomic E-state index is 0.575. The van der Waals surface area contributed by atoms with Gasteiger partial charge in [0.25, 0.3) is 0 Å². The Labute approximate surface area is 447 Å². The smallest absolute Gasteiger partial charge is 0.179 e. The van der Waals surface area contributed by atoms with Gasteiger partial charge in [-0.1, -0.05) is 206 Å². The highest BCUT2D eigenvalue weighted by atomic mass is 15.7. The van der Waals surface area contributed by atoms with Crippen LogP contribution in [0.15, 0.2) is 298 Å². The summed E-state index contributed by atoms with van der Waals surface area (Å²) in [5.41, 5.74) is 8.93. The molecule has 8 heteroatoms. The highest BCUT2D eigenvalue weighted by Gasteiger charge is 2.37. The maximum absolute atomic E-state index is 6.32. The van der Waals surface area contributed by atoms with Crippen molar-refractivity contribution in [2.45, 2.75) is 0 Å². The van der Waals surface area contributed by atoms with Crippen molar-refractivity contribution in [3.05, 3.63) is 298 Å². The van der Waals surface area contributed by atoms with Crippen LogP contribution in [0.3, 0.4) is 0 Å². The van der Waals surface area contributed by atoms with Crippen LogP contribution in [0.25, 0.3) is 43.4 Å². The summed E-state index contributed by atoms with van der Waals surface area (Å²) in [4.78, 5) is 21.2. The number of fused-ring (bicyclic) bond motifs is 3. The molecule has 3 aromatic heterocycles. The van der Waals surface area contributed by atoms with Crippen LogP contribution in [-0.4, -0.2) is 15.0 Å². The van der Waals surface area contributed by atoms with Gasteiger partial charge in [0.05, 0.1) is 22.7 Å². The molecule has 8 nitrogen and oxygen atoms in total. The van der Waals surface area contributed by atoms with Crippen molar-refractivity contribution in [3.8, 4) is 11.1 Å². The molecule has 0 unspecified atom stereocenters. The molecule has 13 aromatic rings. The Morgan fingerprint density at radius 2 is 0.740 bits per heavy atom. The average Bonchev–Trinajstić information content (AvgIpc) is 3.52. The molecule has 77 heavy (non-hydrogen) atoms. The zero-order valence-electron chi connectivity index (χ0n) is 41.9. The van der Waals surface area contributed by atoms with Crippen LogP contribution in [0.1, 0.15) is 0 Å². The summed E-state index contributed by atoms with van der Waals surface area (Å²) in [6.07, 6.45) is 3.64. The van der Waals surface area contributed by atoms with E-state index in [9.17, 15) is 0 Å². The summed E-state index contributed by atoms with van der Waals surface area (Å²) in [7, 11) is 0. The van der Waals surface area contributed by atoms with Gasteiger partial charge in [-0.15, -0.1) is 0 Å². The SMILES string of the molecule is c1ccc(-c2c(Nc3cccc4ccccc34)c(N(c3ccccc3)N(c3ccccn3)c3ccccn3)nc(N(c3ccccc3)c3ccccc3)c2N(c2cccc3ccccc23)c2cccc3ccccc23)cc1. The van der Waals surface area contributed by atoms with Crippen molar-refractivity contribution < 1.29 is 0 Å². The number of anilines is 12. The first-order chi connectivity index (χ1) is 38.3. The quantitative estimate of drug-likeness (QED) is 0.108. The van der Waals surface area contributed by atoms with E-state index in [1.807, 2.05) is 54.9 Å². The van der Waals surface area contributed by atoms with Gasteiger partial charge in [-0.25, -0.2) is 25.0 Å². The van der Waals surface area contributed by atoms with Gasteiger partial charge in [-0.3, -0.25) is 4.90 Å². The third kappa shape index (κ3) is 8.85. The molecule has 0 atom stereocenters. The molecular weight excluding hydrogens is 941 g/mol. The maximum atomic E-state index is 6.32. The van der Waals surface area contributed by atoms with Gasteiger partial charge in [-0.05, 0) is 101 Å². The topological polar surface area (TPSA) is 63.7 Å². The van der Waals surface area contributed by atoms with E-state index in [0.29, 0.717) is 23.3 Å². The number of benzene rings is 10. The van der Waals surface area contributed by atoms with Crippen molar-refractivity contribution in [1.29, 1.82) is 0 Å². The van der Waals surface area contributed by atoms with Crippen molar-refractivity contribution in [2.75, 3.05) is 25.1 Å². The fraction of sp³-hybridized carbons (Fsp3) is 0. The number of hydrogen-bond donors (Lipinski definition) is 1. The third-order valence-electron chi connectivity index (χ3n) is 13.9. The zero-order chi connectivity index (χ0) is 51.3. The number of para-hydroxylation sites is 3. The molecule has 0 spiro atoms. The molecule has 0 aliphatic carbocycles. The minimum Gasteiger partial charge on any atom is -0.351 e. The Hall–Kier alpha value is -10.6. The van der Waals surface area contributed by atoms with Gasteiger partial charge in [-0.2, -0.15) is 0 Å². The Kier molecular flexibility index (Phi) is 12.5. The molecule has 0 fully saturated rings. The molecule has 0 saturated heterocycles. The molecule has 0 aliphatic rings. The second-order valence-corrected chi connectivity index (χ2v) is 18.5. The second kappa shape index (κ2) is 20.7. The molecule has 0 aliphatic heterocycles. The van der Waals surface area contributed by atoms with Crippen LogP contribution >= 0.6 is 0 Å². The second-order valence-electron chi connectivity index (χ2n) is 18.5. The molecule has 366 valence electrons. The van der Waals surface area contributed by atoms with Crippen molar-refractivity contribution in [2.24, 2.45) is 0 Å². The van der Waals surface area contributed by atoms with Gasteiger partial charge in [0, 0.05) is 51.2 Å². The standard InChI is InChI=1S/C69H50N8/c1-5-29-53(30-6-1)65-66(72-60-43-23-31-50-26-13-16-40-57(50)60)68(76(56-38-11-4-12-39-56)77(63-46-19-21-48-70-63)64-47-20-22-49-71-64)73-69(74(54-34-7-2-8-35-54)55-36-9-3-10-37-55)67(65)75(61-44-24-32-51-27-14-17-41-58(51)61)62-45-25-33-52-28-15-18-42-59(52)62/h1-49,72H. The molecule has 10 aromatic carbocycles. The number of rotatable bonds is 14. The van der Waals surface area contributed by atoms with Crippen molar-refractivity contribution >= 4 is 101 Å². The number of nitrogens with one attached hydrogen (secondary N) is 1. The number of aromatic nitrogens is 3. The molecule has 0 radical (unpaired) electrons. The number of hydrogen-bond acceptors (Lipinski definition) is 8. The summed E-state index contributed by atoms with van der Waals surface area (Å²) < 4.78 is 0. The normalized spacial score (nSPS) is 11.1. The van der Waals surface area contributed by atoms with Gasteiger partial charge >= 0.3 is 0 Å². The summed E-state index contributed by atoms with van der Waals surface area (Å²) >= 11 is 0. The van der Waals surface area contributed by atoms with Crippen molar-refractivity contribution in [3.63, 3.8) is 0 Å². The Morgan fingerprint density at radius 1 is 0.312 bits per heavy atom. The monoisotopic (exact) mass is 990 g/mol. The molecule has 13 rings (SSSR count). The summed E-state index contributed by atoms with van der Waals surface area (Å²) in [5, 5.41) is 14.9.